The van der Waals surface area contributed by atoms with E-state index < -0.39 is 24.3 Å². The maximum absolute atomic E-state index is 12.8. The molecule has 0 aliphatic carbocycles. The lowest BCUT2D eigenvalue weighted by Gasteiger charge is -2.27. The van der Waals surface area contributed by atoms with Crippen LogP contribution in [0.1, 0.15) is 5.56 Å². The molecule has 7 nitrogen and oxygen atoms in total. The van der Waals surface area contributed by atoms with Crippen molar-refractivity contribution in [1.29, 1.82) is 0 Å². The van der Waals surface area contributed by atoms with Gasteiger partial charge in [0.25, 0.3) is 5.91 Å². The smallest absolute Gasteiger partial charge is 0.416 e. The lowest BCUT2D eigenvalue weighted by molar-refractivity contribution is -0.137. The summed E-state index contributed by atoms with van der Waals surface area (Å²) in [6, 6.07) is 15.2. The third-order valence-electron chi connectivity index (χ3n) is 4.96. The van der Waals surface area contributed by atoms with Crippen LogP contribution in [0, 0.1) is 0 Å². The predicted octanol–water partition coefficient (Wildman–Crippen LogP) is 4.02. The number of nitrogens with zero attached hydrogens (tertiary/aromatic N) is 3. The van der Waals surface area contributed by atoms with Crippen LogP contribution in [0.4, 0.5) is 24.7 Å². The number of aromatic nitrogens is 2. The summed E-state index contributed by atoms with van der Waals surface area (Å²) in [5.74, 6) is 0.237. The van der Waals surface area contributed by atoms with Gasteiger partial charge in [0.1, 0.15) is 5.75 Å². The number of hydrogen-bond donors (Lipinski definition) is 1. The first kappa shape index (κ1) is 22.5. The van der Waals surface area contributed by atoms with E-state index in [1.807, 2.05) is 18.2 Å². The number of hydrogen-bond acceptors (Lipinski definition) is 6. The SMILES string of the molecule is O=C(COc1cccc(C(F)(F)F)c1)Nc1cccc(-c2ccc(N3CCOCC3)nn2)c1. The van der Waals surface area contributed by atoms with E-state index in [1.165, 1.54) is 12.1 Å². The number of anilines is 2. The molecule has 0 bridgehead atoms. The molecule has 0 spiro atoms. The summed E-state index contributed by atoms with van der Waals surface area (Å²) in [7, 11) is 0. The summed E-state index contributed by atoms with van der Waals surface area (Å²) in [4.78, 5) is 14.3. The van der Waals surface area contributed by atoms with Crippen molar-refractivity contribution < 1.29 is 27.4 Å². The number of alkyl halides is 3. The van der Waals surface area contributed by atoms with Gasteiger partial charge < -0.3 is 19.7 Å². The van der Waals surface area contributed by atoms with Crippen molar-refractivity contribution in [1.82, 2.24) is 10.2 Å². The fraction of sp³-hybridized carbons (Fsp3) is 0.261. The Bertz CT molecular complexity index is 1100. The third-order valence-corrected chi connectivity index (χ3v) is 4.96. The lowest BCUT2D eigenvalue weighted by atomic mass is 10.1. The number of ether oxygens (including phenoxy) is 2. The molecule has 1 saturated heterocycles. The molecule has 4 rings (SSSR count). The molecule has 1 N–H and O–H groups in total. The highest BCUT2D eigenvalue weighted by atomic mass is 19.4. The third kappa shape index (κ3) is 5.98. The Morgan fingerprint density at radius 3 is 2.55 bits per heavy atom. The highest BCUT2D eigenvalue weighted by Crippen LogP contribution is 2.31. The Morgan fingerprint density at radius 2 is 1.82 bits per heavy atom. The van der Waals surface area contributed by atoms with Crippen molar-refractivity contribution >= 4 is 17.4 Å². The van der Waals surface area contributed by atoms with Crippen LogP contribution in [0.2, 0.25) is 0 Å². The van der Waals surface area contributed by atoms with Crippen LogP contribution in [-0.2, 0) is 15.7 Å². The molecule has 1 aromatic heterocycles. The number of amides is 1. The summed E-state index contributed by atoms with van der Waals surface area (Å²) in [6.07, 6.45) is -4.48. The van der Waals surface area contributed by atoms with Crippen LogP contribution in [-0.4, -0.2) is 49.0 Å². The van der Waals surface area contributed by atoms with E-state index in [2.05, 4.69) is 20.4 Å². The van der Waals surface area contributed by atoms with Crippen LogP contribution in [0.15, 0.2) is 60.7 Å². The lowest BCUT2D eigenvalue weighted by Crippen LogP contribution is -2.36. The van der Waals surface area contributed by atoms with Crippen molar-refractivity contribution in [3.8, 4) is 17.0 Å². The first-order chi connectivity index (χ1) is 15.9. The minimum atomic E-state index is -4.48. The molecule has 0 saturated carbocycles. The molecule has 0 unspecified atom stereocenters. The van der Waals surface area contributed by atoms with Gasteiger partial charge in [-0.1, -0.05) is 18.2 Å². The zero-order valence-corrected chi connectivity index (χ0v) is 17.5. The highest BCUT2D eigenvalue weighted by Gasteiger charge is 2.30. The second-order valence-electron chi connectivity index (χ2n) is 7.32. The second kappa shape index (κ2) is 9.86. The van der Waals surface area contributed by atoms with E-state index in [-0.39, 0.29) is 5.75 Å². The Balaban J connectivity index is 1.36. The summed E-state index contributed by atoms with van der Waals surface area (Å²) in [6.45, 7) is 2.40. The molecule has 2 heterocycles. The molecule has 10 heteroatoms. The van der Waals surface area contributed by atoms with Crippen molar-refractivity contribution in [2.45, 2.75) is 6.18 Å². The number of nitrogens with one attached hydrogen (secondary N) is 1. The van der Waals surface area contributed by atoms with Gasteiger partial charge in [0.15, 0.2) is 12.4 Å². The Hall–Kier alpha value is -3.66. The maximum atomic E-state index is 12.8. The Labute approximate surface area is 188 Å². The van der Waals surface area contributed by atoms with Crippen LogP contribution < -0.4 is 15.0 Å². The number of carbonyl (C=O) groups is 1. The summed E-state index contributed by atoms with van der Waals surface area (Å²) < 4.78 is 48.9. The van der Waals surface area contributed by atoms with Gasteiger partial charge in [-0.25, -0.2) is 0 Å². The van der Waals surface area contributed by atoms with Gasteiger partial charge in [0.2, 0.25) is 0 Å². The molecule has 0 atom stereocenters. The van der Waals surface area contributed by atoms with Crippen LogP contribution in [0.3, 0.4) is 0 Å². The van der Waals surface area contributed by atoms with Gasteiger partial charge in [-0.3, -0.25) is 4.79 Å². The predicted molar refractivity (Wildman–Crippen MR) is 116 cm³/mol. The van der Waals surface area contributed by atoms with Gasteiger partial charge in [-0.05, 0) is 42.5 Å². The van der Waals surface area contributed by atoms with Crippen molar-refractivity contribution in [3.63, 3.8) is 0 Å². The van der Waals surface area contributed by atoms with Gasteiger partial charge in [-0.2, -0.15) is 13.2 Å². The van der Waals surface area contributed by atoms with Crippen molar-refractivity contribution in [3.05, 3.63) is 66.2 Å². The van der Waals surface area contributed by atoms with E-state index >= 15 is 0 Å². The number of carbonyl (C=O) groups excluding carboxylic acids is 1. The monoisotopic (exact) mass is 458 g/mol. The van der Waals surface area contributed by atoms with E-state index in [4.69, 9.17) is 9.47 Å². The number of halogens is 3. The first-order valence-corrected chi connectivity index (χ1v) is 10.3. The number of rotatable bonds is 6. The molecule has 0 radical (unpaired) electrons. The summed E-state index contributed by atoms with van der Waals surface area (Å²) in [5.41, 5.74) is 1.06. The highest BCUT2D eigenvalue weighted by molar-refractivity contribution is 5.92. The fourth-order valence-electron chi connectivity index (χ4n) is 3.30. The van der Waals surface area contributed by atoms with Crippen LogP contribution in [0.5, 0.6) is 5.75 Å². The topological polar surface area (TPSA) is 76.6 Å². The average Bonchev–Trinajstić information content (AvgIpc) is 2.83. The maximum Gasteiger partial charge on any atom is 0.416 e. The Morgan fingerprint density at radius 1 is 1.03 bits per heavy atom. The quantitative estimate of drug-likeness (QED) is 0.602. The molecule has 1 fully saturated rings. The zero-order chi connectivity index (χ0) is 23.3. The van der Waals surface area contributed by atoms with Crippen LogP contribution >= 0.6 is 0 Å². The van der Waals surface area contributed by atoms with Gasteiger partial charge in [0, 0.05) is 24.3 Å². The van der Waals surface area contributed by atoms with Gasteiger partial charge in [-0.15, -0.1) is 10.2 Å². The molecule has 172 valence electrons. The van der Waals surface area contributed by atoms with Crippen LogP contribution in [0.25, 0.3) is 11.3 Å². The molecule has 1 aliphatic rings. The Kier molecular flexibility index (Phi) is 6.74. The number of morpholine rings is 1. The average molecular weight is 458 g/mol. The van der Waals surface area contributed by atoms with Crippen molar-refractivity contribution in [2.24, 2.45) is 0 Å². The molecule has 33 heavy (non-hydrogen) atoms. The molecule has 1 amide bonds. The molecule has 1 aliphatic heterocycles. The van der Waals surface area contributed by atoms with Gasteiger partial charge in [0.05, 0.1) is 24.5 Å². The molecule has 2 aromatic carbocycles. The van der Waals surface area contributed by atoms with E-state index in [1.54, 1.807) is 18.2 Å². The minimum Gasteiger partial charge on any atom is -0.484 e. The molecule has 3 aromatic rings. The van der Waals surface area contributed by atoms with Crippen molar-refractivity contribution in [2.75, 3.05) is 43.1 Å². The number of benzene rings is 2. The van der Waals surface area contributed by atoms with E-state index in [0.717, 1.165) is 36.6 Å². The summed E-state index contributed by atoms with van der Waals surface area (Å²) >= 11 is 0. The minimum absolute atomic E-state index is 0.0376. The summed E-state index contributed by atoms with van der Waals surface area (Å²) in [5, 5.41) is 11.3. The largest absolute Gasteiger partial charge is 0.484 e. The van der Waals surface area contributed by atoms with E-state index in [0.29, 0.717) is 24.6 Å². The second-order valence-corrected chi connectivity index (χ2v) is 7.32. The fourth-order valence-corrected chi connectivity index (χ4v) is 3.30. The van der Waals surface area contributed by atoms with Gasteiger partial charge >= 0.3 is 6.18 Å². The normalized spacial score (nSPS) is 14.1. The van der Waals surface area contributed by atoms with E-state index in [9.17, 15) is 18.0 Å². The standard InChI is InChI=1S/C23H21F3N4O3/c24-23(25,26)17-4-2-6-19(14-17)33-15-22(31)27-18-5-1-3-16(13-18)20-7-8-21(29-28-20)30-9-11-32-12-10-30/h1-8,13-14H,9-12,15H2,(H,27,31). The zero-order valence-electron chi connectivity index (χ0n) is 17.5. The first-order valence-electron chi connectivity index (χ1n) is 10.3. The molecular weight excluding hydrogens is 437 g/mol. The molecular formula is C23H21F3N4O3.